The lowest BCUT2D eigenvalue weighted by Gasteiger charge is -2.07. The lowest BCUT2D eigenvalue weighted by Crippen LogP contribution is -2.21. The van der Waals surface area contributed by atoms with Gasteiger partial charge in [-0.15, -0.1) is 11.3 Å². The number of ether oxygens (including phenoxy) is 1. The lowest BCUT2D eigenvalue weighted by atomic mass is 10.1. The molecule has 0 fully saturated rings. The first kappa shape index (κ1) is 22.6. The Kier molecular flexibility index (Phi) is 6.47. The summed E-state index contributed by atoms with van der Waals surface area (Å²) in [5, 5.41) is 8.25. The van der Waals surface area contributed by atoms with Crippen molar-refractivity contribution in [2.24, 2.45) is 0 Å². The maximum atomic E-state index is 14.3. The van der Waals surface area contributed by atoms with Crippen molar-refractivity contribution in [2.45, 2.75) is 6.92 Å². The largest absolute Gasteiger partial charge is 0.452 e. The quantitative estimate of drug-likeness (QED) is 0.359. The molecule has 168 valence electrons. The van der Waals surface area contributed by atoms with Crippen molar-refractivity contribution >= 4 is 39.9 Å². The van der Waals surface area contributed by atoms with Gasteiger partial charge in [0.2, 0.25) is 0 Å². The second-order valence-electron chi connectivity index (χ2n) is 6.73. The predicted molar refractivity (Wildman–Crippen MR) is 118 cm³/mol. The maximum absolute atomic E-state index is 14.3. The lowest BCUT2D eigenvalue weighted by molar-refractivity contribution is -0.119. The summed E-state index contributed by atoms with van der Waals surface area (Å²) in [5.74, 6) is -2.54. The fraction of sp³-hybridized carbons (Fsp3) is 0.0909. The molecular weight excluding hydrogens is 476 g/mol. The number of aryl methyl sites for hydroxylation is 1. The third-order valence-electron chi connectivity index (χ3n) is 4.49. The topological polar surface area (TPSA) is 94.3 Å². The molecule has 0 saturated heterocycles. The van der Waals surface area contributed by atoms with Gasteiger partial charge in [0.1, 0.15) is 28.7 Å². The van der Waals surface area contributed by atoms with E-state index in [9.17, 15) is 18.4 Å². The molecule has 11 heteroatoms. The Morgan fingerprint density at radius 2 is 1.94 bits per heavy atom. The highest BCUT2D eigenvalue weighted by molar-refractivity contribution is 7.14. The van der Waals surface area contributed by atoms with Crippen LogP contribution in [-0.2, 0) is 9.53 Å². The molecule has 0 aliphatic rings. The van der Waals surface area contributed by atoms with Crippen LogP contribution in [0.4, 0.5) is 13.9 Å². The van der Waals surface area contributed by atoms with Gasteiger partial charge in [-0.1, -0.05) is 22.8 Å². The molecule has 7 nitrogen and oxygen atoms in total. The second kappa shape index (κ2) is 9.47. The highest BCUT2D eigenvalue weighted by atomic mass is 35.5. The van der Waals surface area contributed by atoms with Crippen LogP contribution in [0, 0.1) is 18.6 Å². The van der Waals surface area contributed by atoms with Crippen LogP contribution in [0.3, 0.4) is 0 Å². The first-order chi connectivity index (χ1) is 15.8. The molecule has 4 aromatic rings. The van der Waals surface area contributed by atoms with Gasteiger partial charge in [-0.3, -0.25) is 10.1 Å². The van der Waals surface area contributed by atoms with Crippen molar-refractivity contribution in [3.63, 3.8) is 0 Å². The van der Waals surface area contributed by atoms with Crippen LogP contribution in [0.1, 0.15) is 16.1 Å². The molecule has 0 bridgehead atoms. The zero-order chi connectivity index (χ0) is 23.5. The number of esters is 1. The van der Waals surface area contributed by atoms with E-state index in [4.69, 9.17) is 20.9 Å². The van der Waals surface area contributed by atoms with Crippen molar-refractivity contribution in [1.82, 2.24) is 10.1 Å². The van der Waals surface area contributed by atoms with E-state index in [0.29, 0.717) is 11.3 Å². The van der Waals surface area contributed by atoms with Crippen molar-refractivity contribution < 1.29 is 27.6 Å². The number of thiazole rings is 1. The predicted octanol–water partition coefficient (Wildman–Crippen LogP) is 5.50. The number of benzene rings is 2. The number of carbonyl (C=O) groups excluding carboxylic acids is 2. The van der Waals surface area contributed by atoms with Crippen LogP contribution < -0.4 is 5.32 Å². The van der Waals surface area contributed by atoms with Gasteiger partial charge in [-0.05, 0) is 43.3 Å². The molecule has 0 aliphatic heterocycles. The molecule has 0 radical (unpaired) electrons. The van der Waals surface area contributed by atoms with Crippen LogP contribution in [0.2, 0.25) is 5.02 Å². The van der Waals surface area contributed by atoms with E-state index >= 15 is 0 Å². The van der Waals surface area contributed by atoms with E-state index in [1.807, 2.05) is 0 Å². The van der Waals surface area contributed by atoms with Gasteiger partial charge in [-0.25, -0.2) is 18.6 Å². The number of hydrogen-bond donors (Lipinski definition) is 1. The van der Waals surface area contributed by atoms with Gasteiger partial charge < -0.3 is 9.26 Å². The first-order valence-corrected chi connectivity index (χ1v) is 10.7. The van der Waals surface area contributed by atoms with Gasteiger partial charge in [-0.2, -0.15) is 0 Å². The zero-order valence-electron chi connectivity index (χ0n) is 16.9. The average molecular weight is 490 g/mol. The smallest absolute Gasteiger partial charge is 0.344 e. The van der Waals surface area contributed by atoms with Gasteiger partial charge in [0.15, 0.2) is 11.7 Å². The SMILES string of the molecule is Cc1onc(-c2c(F)cccc2Cl)c1C(=O)OCC(=O)Nc1nc(-c2ccc(F)cc2)cs1. The van der Waals surface area contributed by atoms with Crippen LogP contribution in [0.25, 0.3) is 22.5 Å². The summed E-state index contributed by atoms with van der Waals surface area (Å²) in [6.07, 6.45) is 0. The number of anilines is 1. The Labute approximate surface area is 195 Å². The van der Waals surface area contributed by atoms with Crippen molar-refractivity contribution in [1.29, 1.82) is 0 Å². The molecule has 0 saturated carbocycles. The summed E-state index contributed by atoms with van der Waals surface area (Å²) in [6, 6.07) is 9.78. The van der Waals surface area contributed by atoms with Gasteiger partial charge >= 0.3 is 5.97 Å². The molecule has 0 unspecified atom stereocenters. The second-order valence-corrected chi connectivity index (χ2v) is 7.99. The number of carbonyl (C=O) groups is 2. The maximum Gasteiger partial charge on any atom is 0.344 e. The van der Waals surface area contributed by atoms with E-state index in [0.717, 1.165) is 11.3 Å². The highest BCUT2D eigenvalue weighted by Gasteiger charge is 2.27. The van der Waals surface area contributed by atoms with E-state index in [-0.39, 0.29) is 38.6 Å². The monoisotopic (exact) mass is 489 g/mol. The Morgan fingerprint density at radius 1 is 1.18 bits per heavy atom. The number of hydrogen-bond acceptors (Lipinski definition) is 7. The number of amides is 1. The molecular formula is C22H14ClF2N3O4S. The van der Waals surface area contributed by atoms with E-state index < -0.39 is 24.3 Å². The Morgan fingerprint density at radius 3 is 2.67 bits per heavy atom. The van der Waals surface area contributed by atoms with Crippen molar-refractivity contribution in [3.8, 4) is 22.5 Å². The summed E-state index contributed by atoms with van der Waals surface area (Å²) < 4.78 is 37.4. The van der Waals surface area contributed by atoms with Crippen molar-refractivity contribution in [3.05, 3.63) is 75.8 Å². The molecule has 0 atom stereocenters. The Bertz CT molecular complexity index is 1320. The summed E-state index contributed by atoms with van der Waals surface area (Å²) in [7, 11) is 0. The number of nitrogens with zero attached hydrogens (tertiary/aromatic N) is 2. The molecule has 2 aromatic heterocycles. The number of rotatable bonds is 6. The fourth-order valence-electron chi connectivity index (χ4n) is 2.95. The molecule has 1 amide bonds. The van der Waals surface area contributed by atoms with Gasteiger partial charge in [0.05, 0.1) is 16.3 Å². The Balaban J connectivity index is 1.42. The normalized spacial score (nSPS) is 10.8. The van der Waals surface area contributed by atoms with Crippen molar-refractivity contribution in [2.75, 3.05) is 11.9 Å². The summed E-state index contributed by atoms with van der Waals surface area (Å²) >= 11 is 7.22. The zero-order valence-corrected chi connectivity index (χ0v) is 18.5. The van der Waals surface area contributed by atoms with E-state index in [1.54, 1.807) is 17.5 Å². The minimum absolute atomic E-state index is 0.0378. The third-order valence-corrected chi connectivity index (χ3v) is 5.56. The Hall–Kier alpha value is -3.63. The third kappa shape index (κ3) is 4.91. The average Bonchev–Trinajstić information content (AvgIpc) is 3.39. The molecule has 33 heavy (non-hydrogen) atoms. The highest BCUT2D eigenvalue weighted by Crippen LogP contribution is 2.33. The molecule has 1 N–H and O–H groups in total. The van der Waals surface area contributed by atoms with Gasteiger partial charge in [0.25, 0.3) is 5.91 Å². The first-order valence-electron chi connectivity index (χ1n) is 9.42. The minimum Gasteiger partial charge on any atom is -0.452 e. The van der Waals surface area contributed by atoms with Crippen LogP contribution >= 0.6 is 22.9 Å². The van der Waals surface area contributed by atoms with Crippen LogP contribution in [0.15, 0.2) is 52.4 Å². The van der Waals surface area contributed by atoms with Crippen LogP contribution in [-0.4, -0.2) is 28.6 Å². The fourth-order valence-corrected chi connectivity index (χ4v) is 3.94. The summed E-state index contributed by atoms with van der Waals surface area (Å²) in [4.78, 5) is 29.1. The van der Waals surface area contributed by atoms with E-state index in [1.165, 1.54) is 37.3 Å². The standard InChI is InChI=1S/C22H14ClF2N3O4S/c1-11-18(20(28-32-11)19-14(23)3-2-4-15(19)25)21(30)31-9-17(29)27-22-26-16(10-33-22)12-5-7-13(24)8-6-12/h2-8,10H,9H2,1H3,(H,26,27,29). The molecule has 2 aromatic carbocycles. The minimum atomic E-state index is -0.927. The van der Waals surface area contributed by atoms with E-state index in [2.05, 4.69) is 15.5 Å². The summed E-state index contributed by atoms with van der Waals surface area (Å²) in [6.45, 7) is 0.827. The number of nitrogens with one attached hydrogen (secondary N) is 1. The summed E-state index contributed by atoms with van der Waals surface area (Å²) in [5.41, 5.74) is 0.872. The molecule has 2 heterocycles. The molecule has 4 rings (SSSR count). The van der Waals surface area contributed by atoms with Crippen LogP contribution in [0.5, 0.6) is 0 Å². The number of aromatic nitrogens is 2. The number of halogens is 3. The molecule has 0 spiro atoms. The molecule has 0 aliphatic carbocycles. The van der Waals surface area contributed by atoms with Gasteiger partial charge in [0, 0.05) is 10.9 Å².